The summed E-state index contributed by atoms with van der Waals surface area (Å²) in [5.41, 5.74) is 0. The van der Waals surface area contributed by atoms with Gasteiger partial charge >= 0.3 is 5.97 Å². The van der Waals surface area contributed by atoms with Gasteiger partial charge in [0.25, 0.3) is 0 Å². The minimum absolute atomic E-state index is 0.121. The summed E-state index contributed by atoms with van der Waals surface area (Å²) in [7, 11) is 0. The molecule has 2 N–H and O–H groups in total. The fraction of sp³-hybridized carbons (Fsp3) is 0.955. The monoisotopic (exact) mass is 356 g/mol. The molecule has 0 aromatic heterocycles. The van der Waals surface area contributed by atoms with Crippen LogP contribution in [0.3, 0.4) is 0 Å². The van der Waals surface area contributed by atoms with E-state index in [1.807, 2.05) is 0 Å². The van der Waals surface area contributed by atoms with Gasteiger partial charge in [0.15, 0.2) is 0 Å². The van der Waals surface area contributed by atoms with Crippen LogP contribution < -0.4 is 0 Å². The van der Waals surface area contributed by atoms with Crippen LogP contribution in [0.4, 0.5) is 0 Å². The Labute approximate surface area is 156 Å². The molecule has 3 nitrogen and oxygen atoms in total. The second-order valence-corrected chi connectivity index (χ2v) is 7.64. The van der Waals surface area contributed by atoms with Gasteiger partial charge in [-0.1, -0.05) is 103 Å². The average Bonchev–Trinajstić information content (AvgIpc) is 2.60. The summed E-state index contributed by atoms with van der Waals surface area (Å²) in [6.07, 6.45) is 21.2. The zero-order valence-electron chi connectivity index (χ0n) is 16.8. The molecule has 0 aliphatic carbocycles. The molecule has 25 heavy (non-hydrogen) atoms. The molecule has 0 radical (unpaired) electrons. The number of aliphatic carboxylic acids is 1. The van der Waals surface area contributed by atoms with Gasteiger partial charge in [0.2, 0.25) is 0 Å². The lowest BCUT2D eigenvalue weighted by atomic mass is 9.94. The number of rotatable bonds is 20. The Balaban J connectivity index is 3.48. The summed E-state index contributed by atoms with van der Waals surface area (Å²) in [5, 5.41) is 18.1. The number of carboxylic acid groups (broad SMARTS) is 1. The van der Waals surface area contributed by atoms with Crippen LogP contribution in [-0.2, 0) is 4.79 Å². The van der Waals surface area contributed by atoms with Crippen LogP contribution in [-0.4, -0.2) is 22.8 Å². The molecule has 0 aliphatic rings. The molecule has 0 fully saturated rings. The Morgan fingerprint density at radius 2 is 1.00 bits per heavy atom. The van der Waals surface area contributed by atoms with E-state index < -0.39 is 5.97 Å². The number of hydrogen-bond donors (Lipinski definition) is 2. The number of aliphatic hydroxyl groups excluding tert-OH is 1. The van der Waals surface area contributed by atoms with Gasteiger partial charge < -0.3 is 10.2 Å². The van der Waals surface area contributed by atoms with Gasteiger partial charge in [-0.2, -0.15) is 0 Å². The smallest absolute Gasteiger partial charge is 0.306 e. The van der Waals surface area contributed by atoms with Gasteiger partial charge in [-0.05, 0) is 19.3 Å². The maximum atomic E-state index is 11.4. The molecule has 0 aromatic carbocycles. The molecular formula is C22H44O3. The first kappa shape index (κ1) is 24.4. The third-order valence-electron chi connectivity index (χ3n) is 5.22. The van der Waals surface area contributed by atoms with Gasteiger partial charge in [0.1, 0.15) is 0 Å². The molecule has 150 valence electrons. The maximum Gasteiger partial charge on any atom is 0.306 e. The highest BCUT2D eigenvalue weighted by molar-refractivity contribution is 5.69. The standard InChI is InChI=1S/C22H44O3/c1-2-3-4-5-6-9-12-15-18-21(22(24)25)19-16-13-10-7-8-11-14-17-20-23/h21,23H,2-20H2,1H3,(H,24,25). The number of carbonyl (C=O) groups is 1. The lowest BCUT2D eigenvalue weighted by Crippen LogP contribution is -2.13. The van der Waals surface area contributed by atoms with E-state index in [2.05, 4.69) is 6.92 Å². The molecule has 0 rings (SSSR count). The third kappa shape index (κ3) is 18.0. The fourth-order valence-electron chi connectivity index (χ4n) is 3.48. The summed E-state index contributed by atoms with van der Waals surface area (Å²) in [6.45, 7) is 2.56. The normalized spacial score (nSPS) is 12.4. The zero-order chi connectivity index (χ0) is 18.6. The van der Waals surface area contributed by atoms with E-state index in [0.29, 0.717) is 6.61 Å². The molecule has 0 saturated carbocycles. The van der Waals surface area contributed by atoms with Crippen LogP contribution in [0.25, 0.3) is 0 Å². The van der Waals surface area contributed by atoms with Gasteiger partial charge in [-0.15, -0.1) is 0 Å². The predicted octanol–water partition coefficient (Wildman–Crippen LogP) is 6.72. The minimum Gasteiger partial charge on any atom is -0.481 e. The van der Waals surface area contributed by atoms with Crippen molar-refractivity contribution in [2.24, 2.45) is 5.92 Å². The molecule has 1 unspecified atom stereocenters. The molecule has 0 saturated heterocycles. The van der Waals surface area contributed by atoms with Crippen LogP contribution in [0.15, 0.2) is 0 Å². The van der Waals surface area contributed by atoms with Crippen molar-refractivity contribution in [3.8, 4) is 0 Å². The molecule has 1 atom stereocenters. The first-order valence-corrected chi connectivity index (χ1v) is 11.1. The quantitative estimate of drug-likeness (QED) is 0.238. The highest BCUT2D eigenvalue weighted by Gasteiger charge is 2.16. The number of aliphatic hydroxyl groups is 1. The van der Waals surface area contributed by atoms with E-state index >= 15 is 0 Å². The van der Waals surface area contributed by atoms with E-state index in [1.54, 1.807) is 0 Å². The van der Waals surface area contributed by atoms with Crippen LogP contribution in [0.1, 0.15) is 122 Å². The van der Waals surface area contributed by atoms with Crippen molar-refractivity contribution in [3.63, 3.8) is 0 Å². The molecule has 0 aromatic rings. The van der Waals surface area contributed by atoms with Crippen molar-refractivity contribution in [2.75, 3.05) is 6.61 Å². The first-order chi connectivity index (χ1) is 12.2. The topological polar surface area (TPSA) is 57.5 Å². The lowest BCUT2D eigenvalue weighted by Gasteiger charge is -2.12. The number of carboxylic acids is 1. The largest absolute Gasteiger partial charge is 0.481 e. The van der Waals surface area contributed by atoms with Gasteiger partial charge in [-0.25, -0.2) is 0 Å². The average molecular weight is 357 g/mol. The molecule has 0 spiro atoms. The van der Waals surface area contributed by atoms with Crippen molar-refractivity contribution in [2.45, 2.75) is 122 Å². The Hall–Kier alpha value is -0.570. The van der Waals surface area contributed by atoms with E-state index in [-0.39, 0.29) is 5.92 Å². The van der Waals surface area contributed by atoms with Crippen LogP contribution in [0.2, 0.25) is 0 Å². The van der Waals surface area contributed by atoms with E-state index in [9.17, 15) is 9.90 Å². The predicted molar refractivity (Wildman–Crippen MR) is 107 cm³/mol. The summed E-state index contributed by atoms with van der Waals surface area (Å²) < 4.78 is 0. The highest BCUT2D eigenvalue weighted by atomic mass is 16.4. The Morgan fingerprint density at radius 1 is 0.640 bits per heavy atom. The van der Waals surface area contributed by atoms with Crippen molar-refractivity contribution < 1.29 is 15.0 Å². The third-order valence-corrected chi connectivity index (χ3v) is 5.22. The van der Waals surface area contributed by atoms with Crippen molar-refractivity contribution in [3.05, 3.63) is 0 Å². The number of hydrogen-bond acceptors (Lipinski definition) is 2. The number of unbranched alkanes of at least 4 members (excludes halogenated alkanes) is 14. The highest BCUT2D eigenvalue weighted by Crippen LogP contribution is 2.20. The van der Waals surface area contributed by atoms with Crippen LogP contribution in [0.5, 0.6) is 0 Å². The summed E-state index contributed by atoms with van der Waals surface area (Å²) >= 11 is 0. The van der Waals surface area contributed by atoms with Gasteiger partial charge in [0.05, 0.1) is 5.92 Å². The van der Waals surface area contributed by atoms with Crippen molar-refractivity contribution in [1.29, 1.82) is 0 Å². The summed E-state index contributed by atoms with van der Waals surface area (Å²) in [4.78, 5) is 11.4. The van der Waals surface area contributed by atoms with Crippen molar-refractivity contribution >= 4 is 5.97 Å². The van der Waals surface area contributed by atoms with E-state index in [1.165, 1.54) is 77.0 Å². The SMILES string of the molecule is CCCCCCCCCCC(CCCCCCCCCCO)C(=O)O. The second-order valence-electron chi connectivity index (χ2n) is 7.64. The summed E-state index contributed by atoms with van der Waals surface area (Å²) in [5.74, 6) is -0.711. The first-order valence-electron chi connectivity index (χ1n) is 11.1. The zero-order valence-corrected chi connectivity index (χ0v) is 16.8. The van der Waals surface area contributed by atoms with Crippen molar-refractivity contribution in [1.82, 2.24) is 0 Å². The molecular weight excluding hydrogens is 312 g/mol. The molecule has 0 heterocycles. The van der Waals surface area contributed by atoms with E-state index in [4.69, 9.17) is 5.11 Å². The molecule has 0 bridgehead atoms. The molecule has 0 aliphatic heterocycles. The lowest BCUT2D eigenvalue weighted by molar-refractivity contribution is -0.142. The maximum absolute atomic E-state index is 11.4. The minimum atomic E-state index is -0.591. The van der Waals surface area contributed by atoms with E-state index in [0.717, 1.165) is 38.5 Å². The summed E-state index contributed by atoms with van der Waals surface area (Å²) in [6, 6.07) is 0. The fourth-order valence-corrected chi connectivity index (χ4v) is 3.48. The van der Waals surface area contributed by atoms with Crippen LogP contribution >= 0.6 is 0 Å². The van der Waals surface area contributed by atoms with Crippen LogP contribution in [0, 0.1) is 5.92 Å². The molecule has 3 heteroatoms. The van der Waals surface area contributed by atoms with Gasteiger partial charge in [0, 0.05) is 6.61 Å². The Bertz CT molecular complexity index is 278. The Kier molecular flexibility index (Phi) is 19.3. The second kappa shape index (κ2) is 19.8. The molecule has 0 amide bonds. The van der Waals surface area contributed by atoms with Gasteiger partial charge in [-0.3, -0.25) is 4.79 Å². The Morgan fingerprint density at radius 3 is 1.36 bits per heavy atom.